The molecule has 4 aromatic rings. The second kappa shape index (κ2) is 10.9. The van der Waals surface area contributed by atoms with Crippen LogP contribution in [0.2, 0.25) is 0 Å². The number of fused-ring (bicyclic) bond motifs is 1. The van der Waals surface area contributed by atoms with E-state index in [4.69, 9.17) is 15.2 Å². The van der Waals surface area contributed by atoms with Crippen molar-refractivity contribution in [2.24, 2.45) is 5.73 Å². The molecule has 3 heterocycles. The van der Waals surface area contributed by atoms with E-state index in [0.717, 1.165) is 25.7 Å². The largest absolute Gasteiger partial charge is 0.476 e. The number of hydrogen-bond acceptors (Lipinski definition) is 5. The zero-order valence-electron chi connectivity index (χ0n) is 22.3. The molecule has 1 aliphatic carbocycles. The lowest BCUT2D eigenvalue weighted by molar-refractivity contribution is -0.122. The molecule has 6 nitrogen and oxygen atoms in total. The van der Waals surface area contributed by atoms with Crippen molar-refractivity contribution < 1.29 is 27.0 Å². The van der Waals surface area contributed by atoms with E-state index in [9.17, 15) is 13.2 Å². The Labute approximate surface area is 234 Å². The van der Waals surface area contributed by atoms with Crippen molar-refractivity contribution in [3.63, 3.8) is 0 Å². The molecule has 0 bridgehead atoms. The summed E-state index contributed by atoms with van der Waals surface area (Å²) in [7, 11) is 0. The van der Waals surface area contributed by atoms with E-state index in [-0.39, 0.29) is 22.7 Å². The number of allylic oxidation sites excluding steroid dienone is 1. The third-order valence-corrected chi connectivity index (χ3v) is 7.60. The van der Waals surface area contributed by atoms with Gasteiger partial charge in [-0.1, -0.05) is 36.4 Å². The zero-order chi connectivity index (χ0) is 28.6. The second-order valence-corrected chi connectivity index (χ2v) is 10.8. The topological polar surface area (TPSA) is 75.2 Å². The number of aromatic nitrogens is 3. The molecule has 2 aromatic heterocycles. The number of hydrogen-bond donors (Lipinski definition) is 1. The molecule has 1 unspecified atom stereocenters. The predicted octanol–water partition coefficient (Wildman–Crippen LogP) is 7.05. The van der Waals surface area contributed by atoms with Crippen molar-refractivity contribution in [3.8, 4) is 5.88 Å². The van der Waals surface area contributed by atoms with Gasteiger partial charge in [-0.25, -0.2) is 9.67 Å². The lowest BCUT2D eigenvalue weighted by atomic mass is 9.88. The fourth-order valence-electron chi connectivity index (χ4n) is 5.22. The van der Waals surface area contributed by atoms with Crippen molar-refractivity contribution in [3.05, 3.63) is 89.5 Å². The molecule has 2 N–H and O–H groups in total. The molecule has 2 fully saturated rings. The van der Waals surface area contributed by atoms with Gasteiger partial charge < -0.3 is 15.2 Å². The second-order valence-electron chi connectivity index (χ2n) is 10.8. The maximum Gasteiger partial charge on any atom is 0.393 e. The Balaban J connectivity index is 1.48. The van der Waals surface area contributed by atoms with Gasteiger partial charge in [0, 0.05) is 24.4 Å². The van der Waals surface area contributed by atoms with Crippen LogP contribution in [0.4, 0.5) is 17.6 Å². The van der Waals surface area contributed by atoms with Crippen LogP contribution in [0, 0.1) is 5.95 Å². The monoisotopic (exact) mass is 566 g/mol. The number of pyridine rings is 1. The molecule has 1 saturated carbocycles. The minimum Gasteiger partial charge on any atom is -0.476 e. The highest BCUT2D eigenvalue weighted by atomic mass is 19.4. The summed E-state index contributed by atoms with van der Waals surface area (Å²) in [4.78, 5) is 4.37. The van der Waals surface area contributed by atoms with Crippen LogP contribution in [0.3, 0.4) is 0 Å². The third kappa shape index (κ3) is 6.13. The van der Waals surface area contributed by atoms with E-state index >= 15 is 4.39 Å². The average Bonchev–Trinajstić information content (AvgIpc) is 3.63. The molecular weight excluding hydrogens is 536 g/mol. The lowest BCUT2D eigenvalue weighted by Crippen LogP contribution is -2.29. The fraction of sp³-hybridized carbons (Fsp3) is 0.355. The van der Waals surface area contributed by atoms with E-state index in [1.165, 1.54) is 10.9 Å². The van der Waals surface area contributed by atoms with Gasteiger partial charge in [0.05, 0.1) is 22.9 Å². The summed E-state index contributed by atoms with van der Waals surface area (Å²) >= 11 is 0. The molecule has 0 radical (unpaired) electrons. The predicted molar refractivity (Wildman–Crippen MR) is 147 cm³/mol. The van der Waals surface area contributed by atoms with Crippen LogP contribution in [0.1, 0.15) is 61.4 Å². The van der Waals surface area contributed by atoms with Crippen molar-refractivity contribution in [1.82, 2.24) is 14.8 Å². The van der Waals surface area contributed by atoms with Gasteiger partial charge in [0.2, 0.25) is 11.8 Å². The van der Waals surface area contributed by atoms with Crippen molar-refractivity contribution in [2.75, 3.05) is 13.2 Å². The summed E-state index contributed by atoms with van der Waals surface area (Å²) in [5.74, 6) is -0.373. The van der Waals surface area contributed by atoms with Crippen molar-refractivity contribution >= 4 is 22.0 Å². The standard InChI is InChI=1S/C31H30F4N4O2/c32-29-23-16-21(9-11-25(23)39(38-29)27-8-4-5-15-40-27)28(24(17-31(33,34)35)20-6-2-1-3-7-20)22-10-12-26(37-18-22)41-19-30(36)13-14-30/h1-3,6-7,9-12,16,18,27H,4-5,8,13-15,17,19,36H2/b28-24-. The van der Waals surface area contributed by atoms with E-state index in [1.54, 1.807) is 60.7 Å². The Hall–Kier alpha value is -3.76. The normalized spacial score (nSPS) is 19.2. The molecule has 10 heteroatoms. The molecule has 0 spiro atoms. The number of ether oxygens (including phenoxy) is 2. The quantitative estimate of drug-likeness (QED) is 0.183. The van der Waals surface area contributed by atoms with Gasteiger partial charge in [-0.15, -0.1) is 5.10 Å². The molecule has 1 saturated heterocycles. The minimum absolute atomic E-state index is 0.0511. The van der Waals surface area contributed by atoms with Gasteiger partial charge in [-0.3, -0.25) is 0 Å². The molecule has 2 aromatic carbocycles. The van der Waals surface area contributed by atoms with Gasteiger partial charge in [0.25, 0.3) is 0 Å². The van der Waals surface area contributed by atoms with Gasteiger partial charge >= 0.3 is 6.18 Å². The summed E-state index contributed by atoms with van der Waals surface area (Å²) in [5, 5.41) is 4.30. The van der Waals surface area contributed by atoms with Gasteiger partial charge in [0.1, 0.15) is 6.61 Å². The van der Waals surface area contributed by atoms with Crippen LogP contribution in [-0.2, 0) is 4.74 Å². The summed E-state index contributed by atoms with van der Waals surface area (Å²) < 4.78 is 70.4. The summed E-state index contributed by atoms with van der Waals surface area (Å²) in [6, 6.07) is 16.6. The zero-order valence-corrected chi connectivity index (χ0v) is 22.3. The van der Waals surface area contributed by atoms with Crippen molar-refractivity contribution in [2.45, 2.75) is 56.5 Å². The van der Waals surface area contributed by atoms with Crippen LogP contribution in [0.15, 0.2) is 66.9 Å². The molecule has 6 rings (SSSR count). The number of rotatable bonds is 8. The summed E-state index contributed by atoms with van der Waals surface area (Å²) in [6.45, 7) is 0.880. The first-order valence-corrected chi connectivity index (χ1v) is 13.7. The number of nitrogens with two attached hydrogens (primary N) is 1. The Morgan fingerprint density at radius 1 is 1.02 bits per heavy atom. The highest BCUT2D eigenvalue weighted by molar-refractivity contribution is 6.00. The average molecular weight is 567 g/mol. The molecule has 1 atom stereocenters. The molecular formula is C31H30F4N4O2. The van der Waals surface area contributed by atoms with E-state index < -0.39 is 18.5 Å². The number of benzene rings is 2. The lowest BCUT2D eigenvalue weighted by Gasteiger charge is -2.23. The highest BCUT2D eigenvalue weighted by Gasteiger charge is 2.39. The summed E-state index contributed by atoms with van der Waals surface area (Å²) in [6.07, 6.45) is -0.254. The van der Waals surface area contributed by atoms with Crippen molar-refractivity contribution in [1.29, 1.82) is 0 Å². The van der Waals surface area contributed by atoms with Crippen LogP contribution in [0.25, 0.3) is 22.0 Å². The smallest absolute Gasteiger partial charge is 0.393 e. The first-order valence-electron chi connectivity index (χ1n) is 13.7. The maximum atomic E-state index is 15.2. The van der Waals surface area contributed by atoms with Crippen LogP contribution >= 0.6 is 0 Å². The van der Waals surface area contributed by atoms with E-state index in [2.05, 4.69) is 10.1 Å². The Bertz CT molecular complexity index is 1560. The maximum absolute atomic E-state index is 15.2. The van der Waals surface area contributed by atoms with Gasteiger partial charge in [-0.05, 0) is 72.6 Å². The number of alkyl halides is 3. The summed E-state index contributed by atoms with van der Waals surface area (Å²) in [5.41, 5.74) is 7.90. The first-order chi connectivity index (χ1) is 19.7. The Kier molecular flexibility index (Phi) is 7.29. The molecule has 2 aliphatic rings. The van der Waals surface area contributed by atoms with Crippen LogP contribution < -0.4 is 10.5 Å². The third-order valence-electron chi connectivity index (χ3n) is 7.60. The van der Waals surface area contributed by atoms with Gasteiger partial charge in [-0.2, -0.15) is 17.6 Å². The molecule has 1 aliphatic heterocycles. The van der Waals surface area contributed by atoms with E-state index in [0.29, 0.717) is 53.3 Å². The fourth-order valence-corrected chi connectivity index (χ4v) is 5.22. The Morgan fingerprint density at radius 2 is 1.80 bits per heavy atom. The SMILES string of the molecule is NC1(COc2ccc(/C(=C(/CC(F)(F)F)c3ccccc3)c3ccc4c(c3)c(F)nn4C3CCCCO3)cn2)CC1. The molecule has 41 heavy (non-hydrogen) atoms. The number of nitrogens with zero attached hydrogens (tertiary/aromatic N) is 3. The number of halogens is 4. The highest BCUT2D eigenvalue weighted by Crippen LogP contribution is 2.41. The molecule has 0 amide bonds. The minimum atomic E-state index is -4.49. The van der Waals surface area contributed by atoms with Crippen LogP contribution in [-0.4, -0.2) is 39.7 Å². The van der Waals surface area contributed by atoms with E-state index in [1.807, 2.05) is 0 Å². The van der Waals surface area contributed by atoms with Crippen LogP contribution in [0.5, 0.6) is 5.88 Å². The van der Waals surface area contributed by atoms with Gasteiger partial charge in [0.15, 0.2) is 6.23 Å². The first kappa shape index (κ1) is 27.4. The Morgan fingerprint density at radius 3 is 2.46 bits per heavy atom. The molecule has 214 valence electrons.